The Morgan fingerprint density at radius 2 is 2.15 bits per heavy atom. The molecule has 0 saturated carbocycles. The van der Waals surface area contributed by atoms with Crippen LogP contribution in [0.1, 0.15) is 18.9 Å². The Bertz CT molecular complexity index is 878. The van der Waals surface area contributed by atoms with Gasteiger partial charge in [-0.3, -0.25) is 9.69 Å². The second kappa shape index (κ2) is 7.58. The monoisotopic (exact) mass is 413 g/mol. The van der Waals surface area contributed by atoms with Crippen LogP contribution in [-0.2, 0) is 14.6 Å². The first-order valence-corrected chi connectivity index (χ1v) is 11.2. The maximum absolute atomic E-state index is 12.7. The minimum atomic E-state index is -3.09. The van der Waals surface area contributed by atoms with Crippen molar-refractivity contribution in [1.82, 2.24) is 4.90 Å². The molecule has 2 aliphatic heterocycles. The summed E-state index contributed by atoms with van der Waals surface area (Å²) in [6.45, 7) is 2.42. The molecule has 2 saturated heterocycles. The van der Waals surface area contributed by atoms with Crippen molar-refractivity contribution in [3.05, 3.63) is 28.7 Å². The van der Waals surface area contributed by atoms with Crippen LogP contribution in [-0.4, -0.2) is 54.8 Å². The number of sulfone groups is 1. The van der Waals surface area contributed by atoms with Crippen LogP contribution < -0.4 is 9.47 Å². The number of rotatable bonds is 5. The van der Waals surface area contributed by atoms with E-state index in [1.807, 2.05) is 13.0 Å². The highest BCUT2D eigenvalue weighted by Crippen LogP contribution is 2.37. The molecule has 0 aliphatic carbocycles. The summed E-state index contributed by atoms with van der Waals surface area (Å²) in [4.78, 5) is 14.7. The SMILES string of the molecule is CCOc1ccc(C=C2SC(=S)N(C3CCS(=O)(=O)C3)C2=O)cc1OC. The van der Waals surface area contributed by atoms with E-state index in [1.165, 1.54) is 16.7 Å². The molecule has 1 aromatic carbocycles. The quantitative estimate of drug-likeness (QED) is 0.542. The lowest BCUT2D eigenvalue weighted by atomic mass is 10.1. The fourth-order valence-electron chi connectivity index (χ4n) is 2.97. The molecule has 2 heterocycles. The number of carbonyl (C=O) groups is 1. The van der Waals surface area contributed by atoms with Crippen LogP contribution in [0.4, 0.5) is 0 Å². The van der Waals surface area contributed by atoms with Gasteiger partial charge in [-0.05, 0) is 37.1 Å². The highest BCUT2D eigenvalue weighted by atomic mass is 32.2. The Kier molecular flexibility index (Phi) is 5.59. The van der Waals surface area contributed by atoms with Crippen molar-refractivity contribution in [3.63, 3.8) is 0 Å². The maximum atomic E-state index is 12.7. The minimum Gasteiger partial charge on any atom is -0.493 e. The molecule has 0 radical (unpaired) electrons. The molecule has 1 amide bonds. The third kappa shape index (κ3) is 3.89. The molecule has 2 aliphatic rings. The summed E-state index contributed by atoms with van der Waals surface area (Å²) >= 11 is 6.51. The number of carbonyl (C=O) groups excluding carboxylic acids is 1. The van der Waals surface area contributed by atoms with Crippen LogP contribution in [0.2, 0.25) is 0 Å². The van der Waals surface area contributed by atoms with Crippen LogP contribution in [0.5, 0.6) is 11.5 Å². The number of ether oxygens (including phenoxy) is 2. The number of thiocarbonyl (C=S) groups is 1. The summed E-state index contributed by atoms with van der Waals surface area (Å²) in [5.41, 5.74) is 0.782. The van der Waals surface area contributed by atoms with E-state index in [1.54, 1.807) is 25.3 Å². The smallest absolute Gasteiger partial charge is 0.266 e. The number of hydrogen-bond acceptors (Lipinski definition) is 7. The first-order chi connectivity index (χ1) is 12.3. The van der Waals surface area contributed by atoms with Gasteiger partial charge in [0.25, 0.3) is 5.91 Å². The Labute approximate surface area is 162 Å². The molecular weight excluding hydrogens is 394 g/mol. The third-order valence-electron chi connectivity index (χ3n) is 4.18. The minimum absolute atomic E-state index is 0.0242. The zero-order valence-electron chi connectivity index (χ0n) is 14.4. The molecule has 0 N–H and O–H groups in total. The zero-order valence-corrected chi connectivity index (χ0v) is 16.9. The van der Waals surface area contributed by atoms with E-state index in [-0.39, 0.29) is 23.5 Å². The van der Waals surface area contributed by atoms with Crippen LogP contribution >= 0.6 is 24.0 Å². The summed E-state index contributed by atoms with van der Waals surface area (Å²) in [7, 11) is -1.53. The molecule has 140 valence electrons. The second-order valence-electron chi connectivity index (χ2n) is 5.95. The molecule has 0 spiro atoms. The fraction of sp³-hybridized carbons (Fsp3) is 0.412. The Balaban J connectivity index is 1.84. The summed E-state index contributed by atoms with van der Waals surface area (Å²) < 4.78 is 34.6. The van der Waals surface area contributed by atoms with Crippen molar-refractivity contribution in [2.24, 2.45) is 0 Å². The summed E-state index contributed by atoms with van der Waals surface area (Å²) in [6, 6.07) is 5.05. The summed E-state index contributed by atoms with van der Waals surface area (Å²) in [5.74, 6) is 1.05. The van der Waals surface area contributed by atoms with Gasteiger partial charge in [-0.1, -0.05) is 30.0 Å². The lowest BCUT2D eigenvalue weighted by molar-refractivity contribution is -0.123. The number of thioether (sulfide) groups is 1. The molecule has 1 atom stereocenters. The molecule has 1 unspecified atom stereocenters. The van der Waals surface area contributed by atoms with Crippen LogP contribution in [0.25, 0.3) is 6.08 Å². The standard InChI is InChI=1S/C17H19NO5S3/c1-3-23-13-5-4-11(8-14(13)22-2)9-15-16(19)18(17(24)25-15)12-6-7-26(20,21)10-12/h4-5,8-9,12H,3,6-7,10H2,1-2H3. The Morgan fingerprint density at radius 3 is 2.77 bits per heavy atom. The predicted octanol–water partition coefficient (Wildman–Crippen LogP) is 2.48. The fourth-order valence-corrected chi connectivity index (χ4v) is 6.07. The van der Waals surface area contributed by atoms with E-state index >= 15 is 0 Å². The molecular formula is C17H19NO5S3. The predicted molar refractivity (Wildman–Crippen MR) is 106 cm³/mol. The molecule has 0 bridgehead atoms. The van der Waals surface area contributed by atoms with Crippen LogP contribution in [0, 0.1) is 0 Å². The largest absolute Gasteiger partial charge is 0.493 e. The average molecular weight is 414 g/mol. The first-order valence-electron chi connectivity index (χ1n) is 8.13. The Hall–Kier alpha value is -1.58. The third-order valence-corrected chi connectivity index (χ3v) is 7.26. The second-order valence-corrected chi connectivity index (χ2v) is 9.86. The zero-order chi connectivity index (χ0) is 18.9. The van der Waals surface area contributed by atoms with Gasteiger partial charge in [-0.15, -0.1) is 0 Å². The van der Waals surface area contributed by atoms with Gasteiger partial charge in [-0.25, -0.2) is 8.42 Å². The molecule has 6 nitrogen and oxygen atoms in total. The van der Waals surface area contributed by atoms with E-state index in [0.29, 0.717) is 33.8 Å². The first kappa shape index (κ1) is 19.2. The van der Waals surface area contributed by atoms with Crippen molar-refractivity contribution < 1.29 is 22.7 Å². The lowest BCUT2D eigenvalue weighted by Crippen LogP contribution is -2.39. The van der Waals surface area contributed by atoms with Crippen molar-refractivity contribution in [1.29, 1.82) is 0 Å². The van der Waals surface area contributed by atoms with Crippen molar-refractivity contribution >= 4 is 50.1 Å². The van der Waals surface area contributed by atoms with E-state index in [0.717, 1.165) is 5.56 Å². The molecule has 0 aromatic heterocycles. The highest BCUT2D eigenvalue weighted by molar-refractivity contribution is 8.26. The van der Waals surface area contributed by atoms with E-state index in [4.69, 9.17) is 21.7 Å². The summed E-state index contributed by atoms with van der Waals surface area (Å²) in [6.07, 6.45) is 2.17. The molecule has 3 rings (SSSR count). The van der Waals surface area contributed by atoms with Gasteiger partial charge >= 0.3 is 0 Å². The van der Waals surface area contributed by atoms with E-state index in [9.17, 15) is 13.2 Å². The van der Waals surface area contributed by atoms with Gasteiger partial charge in [0, 0.05) is 0 Å². The van der Waals surface area contributed by atoms with Gasteiger partial charge in [0.15, 0.2) is 21.3 Å². The van der Waals surface area contributed by atoms with Gasteiger partial charge in [0.1, 0.15) is 4.32 Å². The van der Waals surface area contributed by atoms with Crippen molar-refractivity contribution in [3.8, 4) is 11.5 Å². The van der Waals surface area contributed by atoms with E-state index < -0.39 is 9.84 Å². The van der Waals surface area contributed by atoms with Crippen LogP contribution in [0.15, 0.2) is 23.1 Å². The topological polar surface area (TPSA) is 72.9 Å². The molecule has 2 fully saturated rings. The molecule has 26 heavy (non-hydrogen) atoms. The van der Waals surface area contributed by atoms with E-state index in [2.05, 4.69) is 0 Å². The molecule has 9 heteroatoms. The Morgan fingerprint density at radius 1 is 1.38 bits per heavy atom. The number of benzene rings is 1. The highest BCUT2D eigenvalue weighted by Gasteiger charge is 2.42. The number of hydrogen-bond donors (Lipinski definition) is 0. The average Bonchev–Trinajstić information content (AvgIpc) is 3.07. The number of methoxy groups -OCH3 is 1. The van der Waals surface area contributed by atoms with Gasteiger partial charge < -0.3 is 9.47 Å². The van der Waals surface area contributed by atoms with Crippen molar-refractivity contribution in [2.75, 3.05) is 25.2 Å². The lowest BCUT2D eigenvalue weighted by Gasteiger charge is -2.20. The van der Waals surface area contributed by atoms with Gasteiger partial charge in [0.2, 0.25) is 0 Å². The molecule has 1 aromatic rings. The summed E-state index contributed by atoms with van der Waals surface area (Å²) in [5, 5.41) is 0. The van der Waals surface area contributed by atoms with Crippen LogP contribution in [0.3, 0.4) is 0 Å². The van der Waals surface area contributed by atoms with Gasteiger partial charge in [0.05, 0.1) is 36.2 Å². The normalized spacial score (nSPS) is 23.7. The number of amides is 1. The maximum Gasteiger partial charge on any atom is 0.266 e. The van der Waals surface area contributed by atoms with Gasteiger partial charge in [-0.2, -0.15) is 0 Å². The number of nitrogens with zero attached hydrogens (tertiary/aromatic N) is 1. The van der Waals surface area contributed by atoms with Crippen molar-refractivity contribution in [2.45, 2.75) is 19.4 Å².